The molecule has 1 saturated heterocycles. The molecule has 1 rings (SSSR count). The van der Waals surface area contributed by atoms with Crippen molar-refractivity contribution < 1.29 is 24.2 Å². The Morgan fingerprint density at radius 2 is 1.89 bits per heavy atom. The number of hydrogen-bond acceptors (Lipinski definition) is 4. The number of carbonyl (C=O) groups is 2. The summed E-state index contributed by atoms with van der Waals surface area (Å²) < 4.78 is 10.8. The number of ether oxygens (including phenoxy) is 2. The molecular formula is C13H23NO5. The predicted molar refractivity (Wildman–Crippen MR) is 69.0 cm³/mol. The first kappa shape index (κ1) is 15.8. The minimum absolute atomic E-state index is 0.0910. The third-order valence-corrected chi connectivity index (χ3v) is 2.70. The first-order valence-electron chi connectivity index (χ1n) is 6.51. The number of nitrogens with zero attached hydrogens (tertiary/aromatic N) is 1. The molecule has 0 aromatic carbocycles. The molecule has 0 saturated carbocycles. The van der Waals surface area contributed by atoms with Gasteiger partial charge in [-0.1, -0.05) is 6.92 Å². The van der Waals surface area contributed by atoms with Crippen LogP contribution in [0.15, 0.2) is 0 Å². The average Bonchev–Trinajstić information content (AvgIpc) is 2.17. The lowest BCUT2D eigenvalue weighted by Gasteiger charge is -2.48. The molecule has 0 aliphatic carbocycles. The largest absolute Gasteiger partial charge is 0.481 e. The zero-order valence-electron chi connectivity index (χ0n) is 12.1. The molecule has 0 bridgehead atoms. The van der Waals surface area contributed by atoms with Crippen molar-refractivity contribution in [2.24, 2.45) is 0 Å². The van der Waals surface area contributed by atoms with Crippen molar-refractivity contribution in [3.8, 4) is 0 Å². The van der Waals surface area contributed by atoms with E-state index >= 15 is 0 Å². The van der Waals surface area contributed by atoms with Gasteiger partial charge in [-0.05, 0) is 27.2 Å². The molecule has 6 nitrogen and oxygen atoms in total. The number of likely N-dealkylation sites (tertiary alicyclic amines) is 1. The molecule has 110 valence electrons. The van der Waals surface area contributed by atoms with E-state index in [0.29, 0.717) is 6.61 Å². The maximum Gasteiger partial charge on any atom is 0.410 e. The Labute approximate surface area is 113 Å². The van der Waals surface area contributed by atoms with Crippen molar-refractivity contribution >= 4 is 12.1 Å². The number of carbonyl (C=O) groups excluding carboxylic acids is 1. The van der Waals surface area contributed by atoms with E-state index in [9.17, 15) is 9.59 Å². The highest BCUT2D eigenvalue weighted by Crippen LogP contribution is 2.30. The van der Waals surface area contributed by atoms with Crippen LogP contribution in [-0.4, -0.2) is 53.0 Å². The zero-order valence-corrected chi connectivity index (χ0v) is 12.1. The number of carboxylic acids is 1. The summed E-state index contributed by atoms with van der Waals surface area (Å²) in [4.78, 5) is 24.1. The van der Waals surface area contributed by atoms with E-state index in [2.05, 4.69) is 0 Å². The van der Waals surface area contributed by atoms with E-state index in [1.165, 1.54) is 4.90 Å². The van der Waals surface area contributed by atoms with Gasteiger partial charge in [0.15, 0.2) is 0 Å². The quantitative estimate of drug-likeness (QED) is 0.827. The molecule has 0 aromatic rings. The first-order chi connectivity index (χ1) is 8.67. The topological polar surface area (TPSA) is 76.1 Å². The van der Waals surface area contributed by atoms with Crippen LogP contribution in [0.2, 0.25) is 0 Å². The highest BCUT2D eigenvalue weighted by Gasteiger charge is 2.48. The predicted octanol–water partition coefficient (Wildman–Crippen LogP) is 1.88. The van der Waals surface area contributed by atoms with Crippen LogP contribution in [0.25, 0.3) is 0 Å². The second-order valence-corrected chi connectivity index (χ2v) is 5.94. The lowest BCUT2D eigenvalue weighted by molar-refractivity contribution is -0.166. The van der Waals surface area contributed by atoms with Gasteiger partial charge in [0.25, 0.3) is 0 Å². The smallest absolute Gasteiger partial charge is 0.410 e. The molecule has 1 amide bonds. The molecule has 1 fully saturated rings. The number of rotatable bonds is 5. The van der Waals surface area contributed by atoms with Crippen molar-refractivity contribution in [2.45, 2.75) is 51.7 Å². The van der Waals surface area contributed by atoms with Crippen molar-refractivity contribution in [2.75, 3.05) is 19.7 Å². The number of aliphatic carboxylic acids is 1. The molecule has 1 aliphatic rings. The summed E-state index contributed by atoms with van der Waals surface area (Å²) in [7, 11) is 0. The minimum Gasteiger partial charge on any atom is -0.481 e. The molecule has 19 heavy (non-hydrogen) atoms. The van der Waals surface area contributed by atoms with Crippen LogP contribution in [0.3, 0.4) is 0 Å². The normalized spacial score (nSPS) is 17.8. The third-order valence-electron chi connectivity index (χ3n) is 2.70. The van der Waals surface area contributed by atoms with Crippen LogP contribution >= 0.6 is 0 Å². The fourth-order valence-corrected chi connectivity index (χ4v) is 1.95. The molecule has 1 heterocycles. The molecule has 0 radical (unpaired) electrons. The fourth-order valence-electron chi connectivity index (χ4n) is 1.95. The van der Waals surface area contributed by atoms with E-state index < -0.39 is 23.3 Å². The molecule has 1 N–H and O–H groups in total. The zero-order chi connectivity index (χ0) is 14.7. The monoisotopic (exact) mass is 273 g/mol. The van der Waals surface area contributed by atoms with Crippen LogP contribution in [0.1, 0.15) is 40.5 Å². The summed E-state index contributed by atoms with van der Waals surface area (Å²) in [6.45, 7) is 8.38. The summed E-state index contributed by atoms with van der Waals surface area (Å²) in [6, 6.07) is 0. The molecule has 6 heteroatoms. The van der Waals surface area contributed by atoms with Crippen LogP contribution in [0.5, 0.6) is 0 Å². The number of carboxylic acid groups (broad SMARTS) is 1. The van der Waals surface area contributed by atoms with Crippen molar-refractivity contribution in [1.82, 2.24) is 4.90 Å². The van der Waals surface area contributed by atoms with Gasteiger partial charge in [0.2, 0.25) is 0 Å². The van der Waals surface area contributed by atoms with E-state index in [1.807, 2.05) is 6.92 Å². The van der Waals surface area contributed by atoms with Crippen LogP contribution in [0, 0.1) is 0 Å². The van der Waals surface area contributed by atoms with E-state index in [-0.39, 0.29) is 19.5 Å². The summed E-state index contributed by atoms with van der Waals surface area (Å²) in [5.41, 5.74) is -1.30. The van der Waals surface area contributed by atoms with Gasteiger partial charge in [-0.3, -0.25) is 4.79 Å². The van der Waals surface area contributed by atoms with Gasteiger partial charge in [0.1, 0.15) is 11.2 Å². The third kappa shape index (κ3) is 4.70. The molecule has 0 unspecified atom stereocenters. The number of amides is 1. The van der Waals surface area contributed by atoms with E-state index in [0.717, 1.165) is 6.42 Å². The van der Waals surface area contributed by atoms with Gasteiger partial charge in [-0.2, -0.15) is 0 Å². The van der Waals surface area contributed by atoms with Gasteiger partial charge in [-0.25, -0.2) is 4.79 Å². The van der Waals surface area contributed by atoms with Gasteiger partial charge < -0.3 is 19.5 Å². The summed E-state index contributed by atoms with van der Waals surface area (Å²) in [5, 5.41) is 8.91. The standard InChI is InChI=1S/C13H23NO5/c1-5-6-18-13(7-10(15)16)8-14(9-13)11(17)19-12(2,3)4/h5-9H2,1-4H3,(H,15,16). The van der Waals surface area contributed by atoms with Gasteiger partial charge in [-0.15, -0.1) is 0 Å². The van der Waals surface area contributed by atoms with Crippen molar-refractivity contribution in [3.63, 3.8) is 0 Å². The second-order valence-electron chi connectivity index (χ2n) is 5.94. The van der Waals surface area contributed by atoms with E-state index in [4.69, 9.17) is 14.6 Å². The van der Waals surface area contributed by atoms with E-state index in [1.54, 1.807) is 20.8 Å². The average molecular weight is 273 g/mol. The maximum absolute atomic E-state index is 11.8. The highest BCUT2D eigenvalue weighted by molar-refractivity contribution is 5.72. The fraction of sp³-hybridized carbons (Fsp3) is 0.846. The maximum atomic E-state index is 11.8. The van der Waals surface area contributed by atoms with Crippen LogP contribution in [-0.2, 0) is 14.3 Å². The Morgan fingerprint density at radius 1 is 1.32 bits per heavy atom. The van der Waals surface area contributed by atoms with Gasteiger partial charge in [0.05, 0.1) is 19.5 Å². The van der Waals surface area contributed by atoms with Crippen molar-refractivity contribution in [1.29, 1.82) is 0 Å². The summed E-state index contributed by atoms with van der Waals surface area (Å²) in [6.07, 6.45) is 0.300. The molecule has 0 atom stereocenters. The Hall–Kier alpha value is -1.30. The molecule has 0 aromatic heterocycles. The Bertz CT molecular complexity index is 341. The minimum atomic E-state index is -0.917. The first-order valence-corrected chi connectivity index (χ1v) is 6.51. The Kier molecular flexibility index (Phi) is 4.79. The molecular weight excluding hydrogens is 250 g/mol. The second kappa shape index (κ2) is 5.77. The lowest BCUT2D eigenvalue weighted by Crippen LogP contribution is -2.66. The molecule has 1 aliphatic heterocycles. The van der Waals surface area contributed by atoms with Crippen molar-refractivity contribution in [3.05, 3.63) is 0 Å². The Morgan fingerprint density at radius 3 is 2.32 bits per heavy atom. The van der Waals surface area contributed by atoms with Crippen LogP contribution < -0.4 is 0 Å². The summed E-state index contributed by atoms with van der Waals surface area (Å²) >= 11 is 0. The Balaban J connectivity index is 2.53. The summed E-state index contributed by atoms with van der Waals surface area (Å²) in [5.74, 6) is -0.917. The van der Waals surface area contributed by atoms with Crippen LogP contribution in [0.4, 0.5) is 4.79 Å². The molecule has 0 spiro atoms. The van der Waals surface area contributed by atoms with Gasteiger partial charge >= 0.3 is 12.1 Å². The highest BCUT2D eigenvalue weighted by atomic mass is 16.6. The SMILES string of the molecule is CCCOC1(CC(=O)O)CN(C(=O)OC(C)(C)C)C1. The van der Waals surface area contributed by atoms with Gasteiger partial charge in [0, 0.05) is 6.61 Å². The lowest BCUT2D eigenvalue weighted by atomic mass is 9.90. The number of hydrogen-bond donors (Lipinski definition) is 1.